The molecule has 1 aromatic heterocycles. The van der Waals surface area contributed by atoms with Crippen LogP contribution in [0, 0.1) is 13.8 Å². The molecule has 1 heterocycles. The summed E-state index contributed by atoms with van der Waals surface area (Å²) in [5.74, 6) is -0.119. The van der Waals surface area contributed by atoms with Crippen molar-refractivity contribution in [3.8, 4) is 5.69 Å². The summed E-state index contributed by atoms with van der Waals surface area (Å²) in [6.45, 7) is 5.98. The van der Waals surface area contributed by atoms with Crippen molar-refractivity contribution in [2.24, 2.45) is 5.10 Å². The van der Waals surface area contributed by atoms with Gasteiger partial charge >= 0.3 is 0 Å². The molecule has 1 N–H and O–H groups in total. The number of carbonyl (C=O) groups is 1. The number of hydrogen-bond donors (Lipinski definition) is 1. The number of aryl methyl sites for hydroxylation is 1. The quantitative estimate of drug-likeness (QED) is 0.303. The van der Waals surface area contributed by atoms with E-state index in [1.807, 2.05) is 56.3 Å². The number of aromatic nitrogens is 1. The van der Waals surface area contributed by atoms with E-state index in [-0.39, 0.29) is 11.2 Å². The second-order valence-electron chi connectivity index (χ2n) is 6.45. The predicted octanol–water partition coefficient (Wildman–Crippen LogP) is 5.49. The van der Waals surface area contributed by atoms with E-state index in [0.717, 1.165) is 32.0 Å². The highest BCUT2D eigenvalue weighted by atomic mass is 79.9. The monoisotopic (exact) mass is 455 g/mol. The first kappa shape index (κ1) is 20.4. The van der Waals surface area contributed by atoms with E-state index in [1.165, 1.54) is 11.8 Å². The molecule has 28 heavy (non-hydrogen) atoms. The first-order chi connectivity index (χ1) is 13.5. The summed E-state index contributed by atoms with van der Waals surface area (Å²) >= 11 is 4.98. The van der Waals surface area contributed by atoms with Crippen LogP contribution in [0.1, 0.15) is 23.9 Å². The lowest BCUT2D eigenvalue weighted by molar-refractivity contribution is -0.120. The van der Waals surface area contributed by atoms with Gasteiger partial charge in [0.25, 0.3) is 5.91 Å². The minimum Gasteiger partial charge on any atom is -0.318 e. The molecule has 0 saturated heterocycles. The minimum atomic E-state index is -0.227. The molecule has 0 aliphatic heterocycles. The second kappa shape index (κ2) is 9.26. The number of hydrazone groups is 1. The molecule has 3 aromatic rings. The lowest BCUT2D eigenvalue weighted by Crippen LogP contribution is -2.26. The summed E-state index contributed by atoms with van der Waals surface area (Å²) in [4.78, 5) is 13.4. The van der Waals surface area contributed by atoms with Gasteiger partial charge in [0.05, 0.1) is 11.5 Å². The van der Waals surface area contributed by atoms with E-state index in [0.29, 0.717) is 0 Å². The largest absolute Gasteiger partial charge is 0.318 e. The molecule has 0 spiro atoms. The van der Waals surface area contributed by atoms with Gasteiger partial charge in [0.1, 0.15) is 0 Å². The van der Waals surface area contributed by atoms with Crippen molar-refractivity contribution in [2.75, 3.05) is 0 Å². The van der Waals surface area contributed by atoms with E-state index in [4.69, 9.17) is 0 Å². The van der Waals surface area contributed by atoms with Gasteiger partial charge in [-0.25, -0.2) is 5.43 Å². The van der Waals surface area contributed by atoms with Crippen LogP contribution in [-0.4, -0.2) is 21.9 Å². The number of amides is 1. The third kappa shape index (κ3) is 4.94. The zero-order valence-corrected chi connectivity index (χ0v) is 18.4. The summed E-state index contributed by atoms with van der Waals surface area (Å²) < 4.78 is 3.22. The van der Waals surface area contributed by atoms with E-state index in [9.17, 15) is 4.79 Å². The number of thioether (sulfide) groups is 1. The molecule has 0 fully saturated rings. The SMILES string of the molecule is Cc1cc(/C=N/NC(=O)C(C)Sc2ccccc2)c(C)n1-c1ccc(Br)cc1. The Labute approximate surface area is 178 Å². The van der Waals surface area contributed by atoms with Gasteiger partial charge in [0.2, 0.25) is 0 Å². The molecule has 144 valence electrons. The maximum atomic E-state index is 12.3. The number of carbonyl (C=O) groups excluding carboxylic acids is 1. The Hall–Kier alpha value is -2.31. The molecule has 1 unspecified atom stereocenters. The third-order valence-corrected chi connectivity index (χ3v) is 6.00. The van der Waals surface area contributed by atoms with Gasteiger partial charge in [0.15, 0.2) is 0 Å². The van der Waals surface area contributed by atoms with E-state index >= 15 is 0 Å². The van der Waals surface area contributed by atoms with Crippen LogP contribution in [0.5, 0.6) is 0 Å². The number of nitrogens with zero attached hydrogens (tertiary/aromatic N) is 2. The first-order valence-corrected chi connectivity index (χ1v) is 10.6. The number of rotatable bonds is 6. The van der Waals surface area contributed by atoms with Gasteiger partial charge in [0, 0.05) is 32.0 Å². The fourth-order valence-corrected chi connectivity index (χ4v) is 4.07. The molecule has 6 heteroatoms. The lowest BCUT2D eigenvalue weighted by atomic mass is 10.2. The van der Waals surface area contributed by atoms with Crippen LogP contribution < -0.4 is 5.43 Å². The molecule has 0 aliphatic carbocycles. The molecule has 0 bridgehead atoms. The number of nitrogens with one attached hydrogen (secondary N) is 1. The van der Waals surface area contributed by atoms with Crippen LogP contribution in [0.2, 0.25) is 0 Å². The standard InChI is InChI=1S/C22H22BrN3OS/c1-15-13-18(16(2)26(15)20-11-9-19(23)10-12-20)14-24-25-22(27)17(3)28-21-7-5-4-6-8-21/h4-14,17H,1-3H3,(H,25,27)/b24-14+. The number of benzene rings is 2. The van der Waals surface area contributed by atoms with Crippen LogP contribution >= 0.6 is 27.7 Å². The number of hydrogen-bond acceptors (Lipinski definition) is 3. The highest BCUT2D eigenvalue weighted by Gasteiger charge is 2.14. The average Bonchev–Trinajstić information content (AvgIpc) is 2.97. The smallest absolute Gasteiger partial charge is 0.253 e. The Morgan fingerprint density at radius 2 is 1.82 bits per heavy atom. The normalized spacial score (nSPS) is 12.3. The number of halogens is 1. The van der Waals surface area contributed by atoms with Gasteiger partial charge in [-0.3, -0.25) is 4.79 Å². The zero-order valence-electron chi connectivity index (χ0n) is 16.0. The minimum absolute atomic E-state index is 0.119. The fourth-order valence-electron chi connectivity index (χ4n) is 2.92. The molecule has 1 atom stereocenters. The summed E-state index contributed by atoms with van der Waals surface area (Å²) in [5.41, 5.74) is 6.90. The van der Waals surface area contributed by atoms with Crippen LogP contribution in [0.25, 0.3) is 5.69 Å². The summed E-state index contributed by atoms with van der Waals surface area (Å²) in [7, 11) is 0. The van der Waals surface area contributed by atoms with Gasteiger partial charge in [-0.05, 0) is 63.2 Å². The molecule has 2 aromatic carbocycles. The van der Waals surface area contributed by atoms with Crippen LogP contribution in [0.4, 0.5) is 0 Å². The second-order valence-corrected chi connectivity index (χ2v) is 8.78. The van der Waals surface area contributed by atoms with E-state index < -0.39 is 0 Å². The van der Waals surface area contributed by atoms with Crippen LogP contribution in [0.15, 0.2) is 75.1 Å². The molecular weight excluding hydrogens is 434 g/mol. The summed E-state index contributed by atoms with van der Waals surface area (Å²) in [5, 5.41) is 3.94. The van der Waals surface area contributed by atoms with E-state index in [1.54, 1.807) is 6.21 Å². The van der Waals surface area contributed by atoms with Gasteiger partial charge in [-0.1, -0.05) is 34.1 Å². The van der Waals surface area contributed by atoms with Crippen molar-refractivity contribution < 1.29 is 4.79 Å². The van der Waals surface area contributed by atoms with Gasteiger partial charge in [-0.2, -0.15) is 5.10 Å². The Morgan fingerprint density at radius 1 is 1.14 bits per heavy atom. The fraction of sp³-hybridized carbons (Fsp3) is 0.182. The Kier molecular flexibility index (Phi) is 6.75. The van der Waals surface area contributed by atoms with Crippen molar-refractivity contribution in [2.45, 2.75) is 30.9 Å². The van der Waals surface area contributed by atoms with Crippen molar-refractivity contribution in [3.63, 3.8) is 0 Å². The summed E-state index contributed by atoms with van der Waals surface area (Å²) in [6, 6.07) is 20.1. The van der Waals surface area contributed by atoms with Crippen LogP contribution in [0.3, 0.4) is 0 Å². The molecule has 1 amide bonds. The highest BCUT2D eigenvalue weighted by Crippen LogP contribution is 2.23. The first-order valence-electron chi connectivity index (χ1n) is 8.95. The molecule has 3 rings (SSSR count). The zero-order chi connectivity index (χ0) is 20.1. The molecule has 4 nitrogen and oxygen atoms in total. The maximum absolute atomic E-state index is 12.3. The average molecular weight is 456 g/mol. The third-order valence-electron chi connectivity index (χ3n) is 4.36. The topological polar surface area (TPSA) is 46.4 Å². The lowest BCUT2D eigenvalue weighted by Gasteiger charge is -2.10. The molecule has 0 saturated carbocycles. The van der Waals surface area contributed by atoms with Crippen molar-refractivity contribution in [1.29, 1.82) is 0 Å². The Morgan fingerprint density at radius 3 is 2.50 bits per heavy atom. The predicted molar refractivity (Wildman–Crippen MR) is 120 cm³/mol. The summed E-state index contributed by atoms with van der Waals surface area (Å²) in [6.07, 6.45) is 1.70. The Balaban J connectivity index is 1.67. The van der Waals surface area contributed by atoms with Gasteiger partial charge in [-0.15, -0.1) is 11.8 Å². The Bertz CT molecular complexity index is 981. The molecule has 0 aliphatic rings. The van der Waals surface area contributed by atoms with Crippen LogP contribution in [-0.2, 0) is 4.79 Å². The van der Waals surface area contributed by atoms with Gasteiger partial charge < -0.3 is 4.57 Å². The van der Waals surface area contributed by atoms with Crippen molar-refractivity contribution in [3.05, 3.63) is 82.1 Å². The maximum Gasteiger partial charge on any atom is 0.253 e. The highest BCUT2D eigenvalue weighted by molar-refractivity contribution is 9.10. The van der Waals surface area contributed by atoms with Crippen molar-refractivity contribution in [1.82, 2.24) is 9.99 Å². The van der Waals surface area contributed by atoms with Crippen molar-refractivity contribution >= 4 is 39.8 Å². The molecule has 0 radical (unpaired) electrons. The van der Waals surface area contributed by atoms with E-state index in [2.05, 4.69) is 56.1 Å². The molecular formula is C22H22BrN3OS.